The largest absolute Gasteiger partial charge is 0.418 e. The van der Waals surface area contributed by atoms with Crippen LogP contribution in [0.2, 0.25) is 0 Å². The zero-order chi connectivity index (χ0) is 15.5. The molecule has 7 heteroatoms. The third kappa shape index (κ3) is 4.63. The summed E-state index contributed by atoms with van der Waals surface area (Å²) in [6.45, 7) is 1.29. The molecule has 1 aliphatic rings. The molecule has 1 aromatic rings. The number of nitrogens with two attached hydrogens (primary N) is 1. The van der Waals surface area contributed by atoms with Crippen molar-refractivity contribution in [2.24, 2.45) is 5.92 Å². The van der Waals surface area contributed by atoms with Gasteiger partial charge in [-0.05, 0) is 37.0 Å². The molecule has 1 amide bonds. The molecule has 1 aliphatic carbocycles. The van der Waals surface area contributed by atoms with Gasteiger partial charge in [0.25, 0.3) is 5.91 Å². The number of ether oxygens (including phenoxy) is 1. The van der Waals surface area contributed by atoms with Crippen LogP contribution in [0, 0.1) is 5.92 Å². The van der Waals surface area contributed by atoms with E-state index < -0.39 is 23.3 Å². The van der Waals surface area contributed by atoms with E-state index >= 15 is 0 Å². The number of carbonyl (C=O) groups is 1. The van der Waals surface area contributed by atoms with Gasteiger partial charge in [-0.1, -0.05) is 0 Å². The highest BCUT2D eigenvalue weighted by atomic mass is 19.4. The Labute approximate surface area is 120 Å². The van der Waals surface area contributed by atoms with Crippen LogP contribution in [-0.2, 0) is 10.9 Å². The van der Waals surface area contributed by atoms with Crippen molar-refractivity contribution in [1.82, 2.24) is 5.32 Å². The summed E-state index contributed by atoms with van der Waals surface area (Å²) in [4.78, 5) is 11.8. The standard InChI is InChI=1S/C14H17F3N2O2/c15-14(16,17)11-7-10(3-4-12(11)18)13(20)19-5-6-21-8-9-1-2-9/h3-4,7,9H,1-2,5-6,8,18H2,(H,19,20). The van der Waals surface area contributed by atoms with E-state index in [0.717, 1.165) is 12.1 Å². The van der Waals surface area contributed by atoms with Crippen LogP contribution < -0.4 is 11.1 Å². The molecule has 0 aliphatic heterocycles. The van der Waals surface area contributed by atoms with Crippen LogP contribution in [0.15, 0.2) is 18.2 Å². The van der Waals surface area contributed by atoms with Gasteiger partial charge >= 0.3 is 6.18 Å². The Morgan fingerprint density at radius 2 is 2.10 bits per heavy atom. The van der Waals surface area contributed by atoms with Gasteiger partial charge in [0.1, 0.15) is 0 Å². The molecule has 0 heterocycles. The summed E-state index contributed by atoms with van der Waals surface area (Å²) in [5.74, 6) is 0.0580. The van der Waals surface area contributed by atoms with Crippen molar-refractivity contribution in [3.63, 3.8) is 0 Å². The molecule has 0 saturated heterocycles. The average molecular weight is 302 g/mol. The first-order valence-corrected chi connectivity index (χ1v) is 6.70. The molecule has 2 rings (SSSR count). The first kappa shape index (κ1) is 15.6. The highest BCUT2D eigenvalue weighted by Gasteiger charge is 2.33. The van der Waals surface area contributed by atoms with E-state index in [4.69, 9.17) is 10.5 Å². The van der Waals surface area contributed by atoms with Gasteiger partial charge in [-0.25, -0.2) is 0 Å². The van der Waals surface area contributed by atoms with Crippen LogP contribution in [0.1, 0.15) is 28.8 Å². The van der Waals surface area contributed by atoms with Crippen LogP contribution in [0.25, 0.3) is 0 Å². The summed E-state index contributed by atoms with van der Waals surface area (Å²) in [7, 11) is 0. The summed E-state index contributed by atoms with van der Waals surface area (Å²) < 4.78 is 43.4. The molecular formula is C14H17F3N2O2. The number of hydrogen-bond donors (Lipinski definition) is 2. The fraction of sp³-hybridized carbons (Fsp3) is 0.500. The lowest BCUT2D eigenvalue weighted by Crippen LogP contribution is -2.28. The van der Waals surface area contributed by atoms with Crippen molar-refractivity contribution in [3.05, 3.63) is 29.3 Å². The Morgan fingerprint density at radius 3 is 2.71 bits per heavy atom. The minimum Gasteiger partial charge on any atom is -0.398 e. The zero-order valence-electron chi connectivity index (χ0n) is 11.4. The predicted octanol–water partition coefficient (Wildman–Crippen LogP) is 2.44. The maximum absolute atomic E-state index is 12.7. The highest BCUT2D eigenvalue weighted by molar-refractivity contribution is 5.94. The van der Waals surface area contributed by atoms with E-state index in [1.807, 2.05) is 0 Å². The van der Waals surface area contributed by atoms with E-state index in [-0.39, 0.29) is 12.1 Å². The second-order valence-electron chi connectivity index (χ2n) is 5.07. The van der Waals surface area contributed by atoms with Gasteiger partial charge in [-0.15, -0.1) is 0 Å². The number of alkyl halides is 3. The minimum atomic E-state index is -4.58. The van der Waals surface area contributed by atoms with Gasteiger partial charge < -0.3 is 15.8 Å². The Hall–Kier alpha value is -1.76. The lowest BCUT2D eigenvalue weighted by molar-refractivity contribution is -0.136. The lowest BCUT2D eigenvalue weighted by atomic mass is 10.1. The zero-order valence-corrected chi connectivity index (χ0v) is 11.4. The Kier molecular flexibility index (Phi) is 4.72. The van der Waals surface area contributed by atoms with Gasteiger partial charge in [-0.3, -0.25) is 4.79 Å². The summed E-state index contributed by atoms with van der Waals surface area (Å²) in [5.41, 5.74) is 3.81. The molecule has 0 atom stereocenters. The molecule has 0 aromatic heterocycles. The summed E-state index contributed by atoms with van der Waals surface area (Å²) in [6, 6.07) is 3.11. The Morgan fingerprint density at radius 1 is 1.38 bits per heavy atom. The molecule has 1 aromatic carbocycles. The maximum atomic E-state index is 12.7. The molecule has 0 radical (unpaired) electrons. The molecular weight excluding hydrogens is 285 g/mol. The predicted molar refractivity (Wildman–Crippen MR) is 71.7 cm³/mol. The Balaban J connectivity index is 1.86. The van der Waals surface area contributed by atoms with Gasteiger partial charge in [0, 0.05) is 24.4 Å². The number of rotatable bonds is 6. The molecule has 1 fully saturated rings. The average Bonchev–Trinajstić information content (AvgIpc) is 3.21. The molecule has 0 unspecified atom stereocenters. The van der Waals surface area contributed by atoms with Crippen molar-refractivity contribution in [3.8, 4) is 0 Å². The number of hydrogen-bond acceptors (Lipinski definition) is 3. The summed E-state index contributed by atoms with van der Waals surface area (Å²) in [5, 5.41) is 2.52. The van der Waals surface area contributed by atoms with Crippen LogP contribution in [0.4, 0.5) is 18.9 Å². The van der Waals surface area contributed by atoms with Crippen LogP contribution in [-0.4, -0.2) is 25.7 Å². The van der Waals surface area contributed by atoms with Gasteiger partial charge in [0.05, 0.1) is 12.2 Å². The van der Waals surface area contributed by atoms with Gasteiger partial charge in [0.15, 0.2) is 0 Å². The number of carbonyl (C=O) groups excluding carboxylic acids is 1. The van der Waals surface area contributed by atoms with Crippen molar-refractivity contribution >= 4 is 11.6 Å². The second-order valence-corrected chi connectivity index (χ2v) is 5.07. The quantitative estimate of drug-likeness (QED) is 0.626. The normalized spacial score (nSPS) is 15.0. The number of nitrogens with one attached hydrogen (secondary N) is 1. The summed E-state index contributed by atoms with van der Waals surface area (Å²) in [6.07, 6.45) is -2.22. The third-order valence-corrected chi connectivity index (χ3v) is 3.20. The van der Waals surface area contributed by atoms with Gasteiger partial charge in [0.2, 0.25) is 0 Å². The maximum Gasteiger partial charge on any atom is 0.418 e. The van der Waals surface area contributed by atoms with E-state index in [0.29, 0.717) is 19.1 Å². The first-order chi connectivity index (χ1) is 9.88. The lowest BCUT2D eigenvalue weighted by Gasteiger charge is -2.12. The van der Waals surface area contributed by atoms with Crippen molar-refractivity contribution in [2.45, 2.75) is 19.0 Å². The van der Waals surface area contributed by atoms with E-state index in [1.165, 1.54) is 18.9 Å². The van der Waals surface area contributed by atoms with Crippen LogP contribution in [0.3, 0.4) is 0 Å². The fourth-order valence-corrected chi connectivity index (χ4v) is 1.82. The second kappa shape index (κ2) is 6.34. The van der Waals surface area contributed by atoms with E-state index in [1.54, 1.807) is 0 Å². The van der Waals surface area contributed by atoms with Crippen molar-refractivity contribution in [2.75, 3.05) is 25.5 Å². The number of benzene rings is 1. The van der Waals surface area contributed by atoms with Gasteiger partial charge in [-0.2, -0.15) is 13.2 Å². The summed E-state index contributed by atoms with van der Waals surface area (Å²) >= 11 is 0. The van der Waals surface area contributed by atoms with E-state index in [9.17, 15) is 18.0 Å². The monoisotopic (exact) mass is 302 g/mol. The number of anilines is 1. The third-order valence-electron chi connectivity index (χ3n) is 3.20. The fourth-order valence-electron chi connectivity index (χ4n) is 1.82. The highest BCUT2D eigenvalue weighted by Crippen LogP contribution is 2.34. The van der Waals surface area contributed by atoms with Crippen molar-refractivity contribution < 1.29 is 22.7 Å². The number of halogens is 3. The molecule has 0 spiro atoms. The smallest absolute Gasteiger partial charge is 0.398 e. The van der Waals surface area contributed by atoms with Crippen LogP contribution in [0.5, 0.6) is 0 Å². The number of nitrogen functional groups attached to an aromatic ring is 1. The first-order valence-electron chi connectivity index (χ1n) is 6.70. The van der Waals surface area contributed by atoms with E-state index in [2.05, 4.69) is 5.32 Å². The molecule has 3 N–H and O–H groups in total. The Bertz CT molecular complexity index is 513. The number of amides is 1. The topological polar surface area (TPSA) is 64.4 Å². The van der Waals surface area contributed by atoms with Crippen molar-refractivity contribution in [1.29, 1.82) is 0 Å². The van der Waals surface area contributed by atoms with Crippen LogP contribution >= 0.6 is 0 Å². The molecule has 21 heavy (non-hydrogen) atoms. The molecule has 1 saturated carbocycles. The SMILES string of the molecule is Nc1ccc(C(=O)NCCOCC2CC2)cc1C(F)(F)F. The molecule has 0 bridgehead atoms. The molecule has 4 nitrogen and oxygen atoms in total. The minimum absolute atomic E-state index is 0.0706. The molecule has 116 valence electrons.